The van der Waals surface area contributed by atoms with Gasteiger partial charge in [-0.1, -0.05) is 12.1 Å². The Morgan fingerprint density at radius 3 is 2.67 bits per heavy atom. The Morgan fingerprint density at radius 1 is 1.17 bits per heavy atom. The number of carbonyl (C=O) groups excluding carboxylic acids is 2. The molecule has 94 valence electrons. The Balaban J connectivity index is 2.00. The molecule has 1 atom stereocenters. The number of fused-ring (bicyclic) bond motifs is 1. The number of nitrogens with zero attached hydrogens (tertiary/aromatic N) is 2. The number of urea groups is 1. The fraction of sp³-hybridized carbons (Fsp3) is 0.385. The van der Waals surface area contributed by atoms with Crippen LogP contribution in [0.2, 0.25) is 0 Å². The monoisotopic (exact) mass is 308 g/mol. The third-order valence-corrected chi connectivity index (χ3v) is 4.21. The van der Waals surface area contributed by atoms with Gasteiger partial charge in [-0.2, -0.15) is 0 Å². The van der Waals surface area contributed by atoms with E-state index in [4.69, 9.17) is 0 Å². The second kappa shape index (κ2) is 4.39. The second-order valence-corrected chi connectivity index (χ2v) is 5.47. The van der Waals surface area contributed by atoms with Crippen molar-refractivity contribution in [1.82, 2.24) is 4.90 Å². The number of anilines is 1. The van der Waals surface area contributed by atoms with Crippen LogP contribution in [0.25, 0.3) is 0 Å². The van der Waals surface area contributed by atoms with Crippen LogP contribution >= 0.6 is 15.9 Å². The highest BCUT2D eigenvalue weighted by Crippen LogP contribution is 2.34. The van der Waals surface area contributed by atoms with Crippen molar-refractivity contribution in [2.45, 2.75) is 25.3 Å². The molecule has 2 aliphatic rings. The standard InChI is InChI=1S/C13H13BrN2O2/c14-9-5-1-2-6-10(9)16-12(17)11-7-3-4-8-15(11)13(16)18/h1-2,5-6,11H,3-4,7-8H2/t11-/m1/s1. The zero-order chi connectivity index (χ0) is 12.7. The fourth-order valence-electron chi connectivity index (χ4n) is 2.64. The molecule has 2 fully saturated rings. The second-order valence-electron chi connectivity index (χ2n) is 4.61. The molecule has 4 nitrogen and oxygen atoms in total. The van der Waals surface area contributed by atoms with Crippen molar-refractivity contribution in [3.8, 4) is 0 Å². The van der Waals surface area contributed by atoms with E-state index in [9.17, 15) is 9.59 Å². The van der Waals surface area contributed by atoms with Crippen molar-refractivity contribution in [1.29, 1.82) is 0 Å². The Labute approximate surface area is 114 Å². The van der Waals surface area contributed by atoms with Gasteiger partial charge in [0.25, 0.3) is 5.91 Å². The first-order valence-electron chi connectivity index (χ1n) is 6.09. The molecule has 0 saturated carbocycles. The highest BCUT2D eigenvalue weighted by atomic mass is 79.9. The first-order valence-corrected chi connectivity index (χ1v) is 6.88. The van der Waals surface area contributed by atoms with Crippen LogP contribution in [0.15, 0.2) is 28.7 Å². The van der Waals surface area contributed by atoms with E-state index in [1.807, 2.05) is 18.2 Å². The lowest BCUT2D eigenvalue weighted by Crippen LogP contribution is -2.39. The smallest absolute Gasteiger partial charge is 0.312 e. The molecule has 2 aliphatic heterocycles. The first-order chi connectivity index (χ1) is 8.70. The Morgan fingerprint density at radius 2 is 1.94 bits per heavy atom. The molecule has 3 amide bonds. The highest BCUT2D eigenvalue weighted by Gasteiger charge is 2.46. The zero-order valence-electron chi connectivity index (χ0n) is 9.80. The summed E-state index contributed by atoms with van der Waals surface area (Å²) in [5, 5.41) is 0. The number of para-hydroxylation sites is 1. The number of hydrogen-bond donors (Lipinski definition) is 0. The van der Waals surface area contributed by atoms with Gasteiger partial charge in [0.05, 0.1) is 5.69 Å². The lowest BCUT2D eigenvalue weighted by molar-refractivity contribution is -0.120. The summed E-state index contributed by atoms with van der Waals surface area (Å²) in [6.07, 6.45) is 2.79. The maximum Gasteiger partial charge on any atom is 0.332 e. The van der Waals surface area contributed by atoms with Gasteiger partial charge in [0.2, 0.25) is 0 Å². The highest BCUT2D eigenvalue weighted by molar-refractivity contribution is 9.10. The molecule has 5 heteroatoms. The lowest BCUT2D eigenvalue weighted by Gasteiger charge is -2.25. The topological polar surface area (TPSA) is 40.6 Å². The molecular weight excluding hydrogens is 296 g/mol. The normalized spacial score (nSPS) is 23.5. The minimum absolute atomic E-state index is 0.0911. The lowest BCUT2D eigenvalue weighted by atomic mass is 10.0. The van der Waals surface area contributed by atoms with Crippen molar-refractivity contribution < 1.29 is 9.59 Å². The van der Waals surface area contributed by atoms with E-state index in [0.717, 1.165) is 23.7 Å². The van der Waals surface area contributed by atoms with Crippen LogP contribution in [-0.2, 0) is 4.79 Å². The molecule has 0 unspecified atom stereocenters. The van der Waals surface area contributed by atoms with Crippen LogP contribution in [0.5, 0.6) is 0 Å². The van der Waals surface area contributed by atoms with E-state index >= 15 is 0 Å². The maximum absolute atomic E-state index is 12.3. The Hall–Kier alpha value is -1.36. The van der Waals surface area contributed by atoms with E-state index in [0.29, 0.717) is 12.2 Å². The summed E-state index contributed by atoms with van der Waals surface area (Å²) in [5.74, 6) is -0.0911. The third-order valence-electron chi connectivity index (χ3n) is 3.54. The first kappa shape index (κ1) is 11.7. The molecule has 0 N–H and O–H groups in total. The number of carbonyl (C=O) groups is 2. The van der Waals surface area contributed by atoms with Gasteiger partial charge >= 0.3 is 6.03 Å². The summed E-state index contributed by atoms with van der Waals surface area (Å²) in [6.45, 7) is 0.691. The van der Waals surface area contributed by atoms with E-state index < -0.39 is 0 Å². The van der Waals surface area contributed by atoms with Crippen LogP contribution in [0, 0.1) is 0 Å². The number of benzene rings is 1. The number of piperidine rings is 1. The summed E-state index contributed by atoms with van der Waals surface area (Å²) in [6, 6.07) is 6.89. The van der Waals surface area contributed by atoms with Crippen molar-refractivity contribution in [2.75, 3.05) is 11.4 Å². The van der Waals surface area contributed by atoms with Gasteiger partial charge in [0, 0.05) is 11.0 Å². The van der Waals surface area contributed by atoms with E-state index in [2.05, 4.69) is 15.9 Å². The Kier molecular flexibility index (Phi) is 2.86. The minimum atomic E-state index is -0.252. The largest absolute Gasteiger partial charge is 0.332 e. The molecule has 0 bridgehead atoms. The zero-order valence-corrected chi connectivity index (χ0v) is 11.4. The van der Waals surface area contributed by atoms with Crippen LogP contribution in [0.3, 0.4) is 0 Å². The molecule has 1 aromatic rings. The molecule has 0 spiro atoms. The SMILES string of the molecule is O=C1[C@H]2CCCCN2C(=O)N1c1ccccc1Br. The van der Waals surface area contributed by atoms with Crippen LogP contribution in [0.1, 0.15) is 19.3 Å². The quantitative estimate of drug-likeness (QED) is 0.749. The predicted molar refractivity (Wildman–Crippen MR) is 71.4 cm³/mol. The fourth-order valence-corrected chi connectivity index (χ4v) is 3.11. The van der Waals surface area contributed by atoms with E-state index in [-0.39, 0.29) is 18.0 Å². The molecule has 2 heterocycles. The van der Waals surface area contributed by atoms with Crippen molar-refractivity contribution in [3.05, 3.63) is 28.7 Å². The van der Waals surface area contributed by atoms with Crippen molar-refractivity contribution >= 4 is 33.6 Å². The van der Waals surface area contributed by atoms with E-state index in [1.165, 1.54) is 4.90 Å². The van der Waals surface area contributed by atoms with Crippen LogP contribution < -0.4 is 4.90 Å². The maximum atomic E-state index is 12.3. The molecule has 0 aliphatic carbocycles. The molecule has 1 aromatic carbocycles. The van der Waals surface area contributed by atoms with Gasteiger partial charge in [0.15, 0.2) is 0 Å². The molecular formula is C13H13BrN2O2. The summed E-state index contributed by atoms with van der Waals surface area (Å²) >= 11 is 3.40. The summed E-state index contributed by atoms with van der Waals surface area (Å²) < 4.78 is 0.770. The number of rotatable bonds is 1. The predicted octanol–water partition coefficient (Wildman–Crippen LogP) is 2.77. The molecule has 18 heavy (non-hydrogen) atoms. The van der Waals surface area contributed by atoms with Crippen molar-refractivity contribution in [3.63, 3.8) is 0 Å². The van der Waals surface area contributed by atoms with Gasteiger partial charge in [-0.15, -0.1) is 0 Å². The van der Waals surface area contributed by atoms with Crippen molar-refractivity contribution in [2.24, 2.45) is 0 Å². The molecule has 0 radical (unpaired) electrons. The number of halogens is 1. The van der Waals surface area contributed by atoms with E-state index in [1.54, 1.807) is 11.0 Å². The number of hydrogen-bond acceptors (Lipinski definition) is 2. The van der Waals surface area contributed by atoms with Gasteiger partial charge in [-0.05, 0) is 47.3 Å². The van der Waals surface area contributed by atoms with Gasteiger partial charge < -0.3 is 4.90 Å². The van der Waals surface area contributed by atoms with Crippen LogP contribution in [-0.4, -0.2) is 29.4 Å². The van der Waals surface area contributed by atoms with Gasteiger partial charge in [-0.25, -0.2) is 9.69 Å². The summed E-state index contributed by atoms with van der Waals surface area (Å²) in [5.41, 5.74) is 0.641. The molecule has 0 aromatic heterocycles. The average molecular weight is 309 g/mol. The summed E-state index contributed by atoms with van der Waals surface area (Å²) in [7, 11) is 0. The van der Waals surface area contributed by atoms with Crippen LogP contribution in [0.4, 0.5) is 10.5 Å². The molecule has 3 rings (SSSR count). The van der Waals surface area contributed by atoms with Gasteiger partial charge in [0.1, 0.15) is 6.04 Å². The Bertz CT molecular complexity index is 493. The summed E-state index contributed by atoms with van der Waals surface area (Å²) in [4.78, 5) is 27.7. The number of amides is 3. The third kappa shape index (κ3) is 1.65. The van der Waals surface area contributed by atoms with Gasteiger partial charge in [-0.3, -0.25) is 4.79 Å². The average Bonchev–Trinajstić information content (AvgIpc) is 2.64. The minimum Gasteiger partial charge on any atom is -0.312 e. The molecule has 2 saturated heterocycles. The number of imide groups is 1.